The predicted molar refractivity (Wildman–Crippen MR) is 130 cm³/mol. The molecule has 10 heteroatoms. The highest BCUT2D eigenvalue weighted by molar-refractivity contribution is 6.01. The SMILES string of the molecule is CC(C)(C)OC(=O)N1CCC(CC(=O)NCc2ccc3c(c2)CN(C2CCC(O)NC2=O)C3=O)CC1. The fourth-order valence-electron chi connectivity index (χ4n) is 5.02. The molecule has 4 amide bonds. The number of ether oxygens (including phenoxy) is 1. The first-order chi connectivity index (χ1) is 17.0. The van der Waals surface area contributed by atoms with Gasteiger partial charge in [0.2, 0.25) is 11.8 Å². The van der Waals surface area contributed by atoms with Gasteiger partial charge in [-0.1, -0.05) is 12.1 Å². The zero-order valence-electron chi connectivity index (χ0n) is 21.2. The molecule has 3 aliphatic heterocycles. The summed E-state index contributed by atoms with van der Waals surface area (Å²) in [6, 6.07) is 4.90. The first-order valence-corrected chi connectivity index (χ1v) is 12.7. The second-order valence-corrected chi connectivity index (χ2v) is 10.9. The number of nitrogens with zero attached hydrogens (tertiary/aromatic N) is 2. The molecule has 3 aliphatic rings. The van der Waals surface area contributed by atoms with Crippen LogP contribution in [0.4, 0.5) is 4.79 Å². The molecule has 0 aromatic heterocycles. The predicted octanol–water partition coefficient (Wildman–Crippen LogP) is 1.89. The lowest BCUT2D eigenvalue weighted by Crippen LogP contribution is -2.54. The van der Waals surface area contributed by atoms with E-state index in [9.17, 15) is 24.3 Å². The molecule has 2 atom stereocenters. The van der Waals surface area contributed by atoms with E-state index in [4.69, 9.17) is 4.74 Å². The minimum atomic E-state index is -0.860. The number of carbonyl (C=O) groups excluding carboxylic acids is 4. The number of fused-ring (bicyclic) bond motifs is 1. The maximum Gasteiger partial charge on any atom is 0.410 e. The molecule has 0 spiro atoms. The molecule has 10 nitrogen and oxygen atoms in total. The van der Waals surface area contributed by atoms with Crippen molar-refractivity contribution in [1.29, 1.82) is 0 Å². The number of piperidine rings is 2. The number of rotatable bonds is 5. The average molecular weight is 501 g/mol. The lowest BCUT2D eigenvalue weighted by atomic mass is 9.93. The zero-order valence-corrected chi connectivity index (χ0v) is 21.2. The zero-order chi connectivity index (χ0) is 26.0. The Kier molecular flexibility index (Phi) is 7.54. The van der Waals surface area contributed by atoms with Gasteiger partial charge in [-0.2, -0.15) is 0 Å². The third-order valence-electron chi connectivity index (χ3n) is 6.93. The van der Waals surface area contributed by atoms with Gasteiger partial charge in [-0.25, -0.2) is 4.79 Å². The van der Waals surface area contributed by atoms with E-state index < -0.39 is 17.9 Å². The summed E-state index contributed by atoms with van der Waals surface area (Å²) in [5.41, 5.74) is 1.77. The Balaban J connectivity index is 1.24. The van der Waals surface area contributed by atoms with Crippen LogP contribution < -0.4 is 10.6 Å². The van der Waals surface area contributed by atoms with Gasteiger partial charge in [0, 0.05) is 38.2 Å². The molecular weight excluding hydrogens is 464 g/mol. The summed E-state index contributed by atoms with van der Waals surface area (Å²) in [5.74, 6) is -0.342. The van der Waals surface area contributed by atoms with E-state index in [2.05, 4.69) is 10.6 Å². The Hall–Kier alpha value is -3.14. The van der Waals surface area contributed by atoms with Crippen LogP contribution >= 0.6 is 0 Å². The van der Waals surface area contributed by atoms with Crippen LogP contribution in [-0.4, -0.2) is 69.7 Å². The molecule has 2 fully saturated rings. The molecule has 4 rings (SSSR count). The molecule has 1 aromatic carbocycles. The molecule has 2 saturated heterocycles. The first-order valence-electron chi connectivity index (χ1n) is 12.7. The number of hydrogen-bond acceptors (Lipinski definition) is 6. The fourth-order valence-corrected chi connectivity index (χ4v) is 5.02. The normalized spacial score (nSPS) is 22.8. The fraction of sp³-hybridized carbons (Fsp3) is 0.615. The van der Waals surface area contributed by atoms with Crippen molar-refractivity contribution in [3.63, 3.8) is 0 Å². The van der Waals surface area contributed by atoms with Crippen LogP contribution in [0, 0.1) is 5.92 Å². The van der Waals surface area contributed by atoms with E-state index in [1.807, 2.05) is 32.9 Å². The summed E-state index contributed by atoms with van der Waals surface area (Å²) >= 11 is 0. The topological polar surface area (TPSA) is 128 Å². The molecule has 0 saturated carbocycles. The standard InChI is InChI=1S/C26H36N4O6/c1-26(2,3)36-25(35)29-10-8-16(9-11-29)13-22(32)27-14-17-4-5-19-18(12-17)15-30(24(19)34)20-6-7-21(31)28-23(20)33/h4-5,12,16,20-21,31H,6-11,13-15H2,1-3H3,(H,27,32)(H,28,33). The minimum Gasteiger partial charge on any atom is -0.444 e. The van der Waals surface area contributed by atoms with Gasteiger partial charge in [-0.3, -0.25) is 14.4 Å². The van der Waals surface area contributed by atoms with Crippen molar-refractivity contribution in [2.24, 2.45) is 5.92 Å². The van der Waals surface area contributed by atoms with Gasteiger partial charge < -0.3 is 30.3 Å². The van der Waals surface area contributed by atoms with Crippen molar-refractivity contribution < 1.29 is 29.0 Å². The van der Waals surface area contributed by atoms with Gasteiger partial charge in [0.15, 0.2) is 0 Å². The Bertz CT molecular complexity index is 1030. The maximum absolute atomic E-state index is 12.8. The highest BCUT2D eigenvalue weighted by Crippen LogP contribution is 2.29. The van der Waals surface area contributed by atoms with Crippen molar-refractivity contribution in [3.05, 3.63) is 34.9 Å². The summed E-state index contributed by atoms with van der Waals surface area (Å²) in [4.78, 5) is 53.1. The van der Waals surface area contributed by atoms with Crippen LogP contribution in [0.1, 0.15) is 74.4 Å². The van der Waals surface area contributed by atoms with Gasteiger partial charge in [-0.05, 0) is 69.6 Å². The van der Waals surface area contributed by atoms with Crippen LogP contribution in [-0.2, 0) is 27.4 Å². The van der Waals surface area contributed by atoms with E-state index >= 15 is 0 Å². The largest absolute Gasteiger partial charge is 0.444 e. The number of amides is 4. The molecular formula is C26H36N4O6. The lowest BCUT2D eigenvalue weighted by Gasteiger charge is -2.33. The molecule has 1 aromatic rings. The molecule has 3 N–H and O–H groups in total. The number of carbonyl (C=O) groups is 4. The Morgan fingerprint density at radius 1 is 1.14 bits per heavy atom. The van der Waals surface area contributed by atoms with Gasteiger partial charge in [0.1, 0.15) is 17.9 Å². The Labute approximate surface area is 211 Å². The highest BCUT2D eigenvalue weighted by atomic mass is 16.6. The quantitative estimate of drug-likeness (QED) is 0.567. The maximum atomic E-state index is 12.8. The monoisotopic (exact) mass is 500 g/mol. The summed E-state index contributed by atoms with van der Waals surface area (Å²) < 4.78 is 5.42. The van der Waals surface area contributed by atoms with Crippen molar-refractivity contribution in [2.45, 2.75) is 83.8 Å². The number of nitrogens with one attached hydrogen (secondary N) is 2. The van der Waals surface area contributed by atoms with Gasteiger partial charge in [-0.15, -0.1) is 0 Å². The minimum absolute atomic E-state index is 0.0404. The highest BCUT2D eigenvalue weighted by Gasteiger charge is 2.39. The van der Waals surface area contributed by atoms with Gasteiger partial charge in [0.25, 0.3) is 5.91 Å². The summed E-state index contributed by atoms with van der Waals surface area (Å²) in [5, 5.41) is 15.1. The molecule has 36 heavy (non-hydrogen) atoms. The number of likely N-dealkylation sites (tertiary alicyclic amines) is 1. The molecule has 0 bridgehead atoms. The van der Waals surface area contributed by atoms with Crippen LogP contribution in [0.2, 0.25) is 0 Å². The van der Waals surface area contributed by atoms with Crippen LogP contribution in [0.25, 0.3) is 0 Å². The van der Waals surface area contributed by atoms with Gasteiger partial charge >= 0.3 is 6.09 Å². The molecule has 3 heterocycles. The van der Waals surface area contributed by atoms with Crippen molar-refractivity contribution in [1.82, 2.24) is 20.4 Å². The number of benzene rings is 1. The van der Waals surface area contributed by atoms with E-state index in [1.54, 1.807) is 15.9 Å². The average Bonchev–Trinajstić information content (AvgIpc) is 3.12. The summed E-state index contributed by atoms with van der Waals surface area (Å²) in [6.45, 7) is 7.39. The van der Waals surface area contributed by atoms with Gasteiger partial charge in [0.05, 0.1) is 0 Å². The number of aliphatic hydroxyl groups is 1. The summed E-state index contributed by atoms with van der Waals surface area (Å²) in [6.07, 6.45) is 1.59. The molecule has 196 valence electrons. The van der Waals surface area contributed by atoms with Crippen LogP contribution in [0.3, 0.4) is 0 Å². The third-order valence-corrected chi connectivity index (χ3v) is 6.93. The number of aliphatic hydroxyl groups excluding tert-OH is 1. The number of hydrogen-bond donors (Lipinski definition) is 3. The lowest BCUT2D eigenvalue weighted by molar-refractivity contribution is -0.132. The Morgan fingerprint density at radius 3 is 2.53 bits per heavy atom. The van der Waals surface area contributed by atoms with E-state index in [0.717, 1.165) is 24.0 Å². The molecule has 0 aliphatic carbocycles. The second-order valence-electron chi connectivity index (χ2n) is 10.9. The molecule has 2 unspecified atom stereocenters. The van der Waals surface area contributed by atoms with Crippen molar-refractivity contribution in [2.75, 3.05) is 13.1 Å². The van der Waals surface area contributed by atoms with Crippen molar-refractivity contribution in [3.8, 4) is 0 Å². The molecule has 0 radical (unpaired) electrons. The van der Waals surface area contributed by atoms with E-state index in [1.165, 1.54) is 0 Å². The Morgan fingerprint density at radius 2 is 1.86 bits per heavy atom. The van der Waals surface area contributed by atoms with Crippen LogP contribution in [0.5, 0.6) is 0 Å². The van der Waals surface area contributed by atoms with Crippen LogP contribution in [0.15, 0.2) is 18.2 Å². The van der Waals surface area contributed by atoms with E-state index in [0.29, 0.717) is 51.0 Å². The smallest absolute Gasteiger partial charge is 0.410 e. The van der Waals surface area contributed by atoms with E-state index in [-0.39, 0.29) is 29.7 Å². The van der Waals surface area contributed by atoms with Crippen molar-refractivity contribution >= 4 is 23.8 Å². The second kappa shape index (κ2) is 10.5. The summed E-state index contributed by atoms with van der Waals surface area (Å²) in [7, 11) is 0. The first kappa shape index (κ1) is 25.9. The third kappa shape index (κ3) is 6.16.